The maximum Gasteiger partial charge on any atom is 0.337 e. The van der Waals surface area contributed by atoms with Crippen LogP contribution in [0.3, 0.4) is 0 Å². The van der Waals surface area contributed by atoms with Gasteiger partial charge in [0.1, 0.15) is 0 Å². The van der Waals surface area contributed by atoms with Gasteiger partial charge >= 0.3 is 5.97 Å². The molecule has 0 saturated heterocycles. The number of rotatable bonds is 6. The first kappa shape index (κ1) is 15.0. The minimum Gasteiger partial charge on any atom is -0.465 e. The standard InChI is InChI=1S/C14H20N2O3/c1-4-16(5-2)13(17)10-15-12-8-6-11(7-9-12)14(18)19-3/h6-9,15H,4-5,10H2,1-3H3. The molecule has 0 aliphatic carbocycles. The van der Waals surface area contributed by atoms with Crippen LogP contribution in [0, 0.1) is 0 Å². The van der Waals surface area contributed by atoms with Crippen LogP contribution in [-0.4, -0.2) is 43.5 Å². The van der Waals surface area contributed by atoms with E-state index in [1.165, 1.54) is 7.11 Å². The Balaban J connectivity index is 2.54. The smallest absolute Gasteiger partial charge is 0.337 e. The fourth-order valence-corrected chi connectivity index (χ4v) is 1.71. The van der Waals surface area contributed by atoms with E-state index in [-0.39, 0.29) is 18.4 Å². The predicted molar refractivity (Wildman–Crippen MR) is 74.2 cm³/mol. The second-order valence-electron chi connectivity index (χ2n) is 3.99. The van der Waals surface area contributed by atoms with Crippen molar-refractivity contribution in [2.24, 2.45) is 0 Å². The van der Waals surface area contributed by atoms with Crippen LogP contribution < -0.4 is 5.32 Å². The second-order valence-corrected chi connectivity index (χ2v) is 3.99. The summed E-state index contributed by atoms with van der Waals surface area (Å²) in [7, 11) is 1.34. The lowest BCUT2D eigenvalue weighted by Gasteiger charge is -2.19. The number of hydrogen-bond donors (Lipinski definition) is 1. The first-order chi connectivity index (χ1) is 9.12. The minimum absolute atomic E-state index is 0.0574. The Morgan fingerprint density at radius 1 is 1.16 bits per heavy atom. The molecule has 104 valence electrons. The molecule has 0 aliphatic heterocycles. The SMILES string of the molecule is CCN(CC)C(=O)CNc1ccc(C(=O)OC)cc1. The number of amides is 1. The van der Waals surface area contributed by atoms with Crippen LogP contribution in [0.15, 0.2) is 24.3 Å². The summed E-state index contributed by atoms with van der Waals surface area (Å²) >= 11 is 0. The Morgan fingerprint density at radius 2 is 1.74 bits per heavy atom. The minimum atomic E-state index is -0.370. The first-order valence-electron chi connectivity index (χ1n) is 6.32. The fourth-order valence-electron chi connectivity index (χ4n) is 1.71. The third kappa shape index (κ3) is 4.28. The Kier molecular flexibility index (Phi) is 5.85. The van der Waals surface area contributed by atoms with Crippen LogP contribution in [0.1, 0.15) is 24.2 Å². The molecular formula is C14H20N2O3. The molecule has 0 heterocycles. The van der Waals surface area contributed by atoms with E-state index in [4.69, 9.17) is 0 Å². The van der Waals surface area contributed by atoms with E-state index in [0.717, 1.165) is 5.69 Å². The van der Waals surface area contributed by atoms with Gasteiger partial charge in [-0.25, -0.2) is 4.79 Å². The second kappa shape index (κ2) is 7.41. The molecule has 0 bridgehead atoms. The van der Waals surface area contributed by atoms with Gasteiger partial charge in [-0.3, -0.25) is 4.79 Å². The van der Waals surface area contributed by atoms with Gasteiger partial charge in [-0.2, -0.15) is 0 Å². The van der Waals surface area contributed by atoms with E-state index in [2.05, 4.69) is 10.1 Å². The monoisotopic (exact) mass is 264 g/mol. The van der Waals surface area contributed by atoms with Crippen LogP contribution in [0.25, 0.3) is 0 Å². The topological polar surface area (TPSA) is 58.6 Å². The van der Waals surface area contributed by atoms with Crippen molar-refractivity contribution in [2.45, 2.75) is 13.8 Å². The molecule has 19 heavy (non-hydrogen) atoms. The molecule has 0 atom stereocenters. The normalized spacial score (nSPS) is 9.84. The zero-order valence-electron chi connectivity index (χ0n) is 11.6. The number of carbonyl (C=O) groups is 2. The van der Waals surface area contributed by atoms with Gasteiger partial charge in [0.05, 0.1) is 19.2 Å². The largest absolute Gasteiger partial charge is 0.465 e. The number of ether oxygens (including phenoxy) is 1. The quantitative estimate of drug-likeness (QED) is 0.795. The van der Waals surface area contributed by atoms with Crippen molar-refractivity contribution >= 4 is 17.6 Å². The van der Waals surface area contributed by atoms with Crippen LogP contribution >= 0.6 is 0 Å². The van der Waals surface area contributed by atoms with E-state index < -0.39 is 0 Å². The highest BCUT2D eigenvalue weighted by atomic mass is 16.5. The summed E-state index contributed by atoms with van der Waals surface area (Å²) in [6, 6.07) is 6.83. The molecule has 5 heteroatoms. The lowest BCUT2D eigenvalue weighted by atomic mass is 10.2. The van der Waals surface area contributed by atoms with Crippen molar-refractivity contribution in [2.75, 3.05) is 32.1 Å². The molecule has 1 rings (SSSR count). The lowest BCUT2D eigenvalue weighted by molar-refractivity contribution is -0.128. The van der Waals surface area contributed by atoms with Gasteiger partial charge in [-0.1, -0.05) is 0 Å². The zero-order valence-corrected chi connectivity index (χ0v) is 11.6. The van der Waals surface area contributed by atoms with Gasteiger partial charge in [-0.15, -0.1) is 0 Å². The average Bonchev–Trinajstić information content (AvgIpc) is 2.46. The van der Waals surface area contributed by atoms with Gasteiger partial charge in [0, 0.05) is 18.8 Å². The Labute approximate surface area is 113 Å². The number of hydrogen-bond acceptors (Lipinski definition) is 4. The van der Waals surface area contributed by atoms with Crippen molar-refractivity contribution in [1.29, 1.82) is 0 Å². The van der Waals surface area contributed by atoms with Crippen molar-refractivity contribution in [3.05, 3.63) is 29.8 Å². The molecule has 5 nitrogen and oxygen atoms in total. The van der Waals surface area contributed by atoms with Crippen molar-refractivity contribution < 1.29 is 14.3 Å². The van der Waals surface area contributed by atoms with Crippen LogP contribution in [0.2, 0.25) is 0 Å². The first-order valence-corrected chi connectivity index (χ1v) is 6.32. The van der Waals surface area contributed by atoms with E-state index in [1.807, 2.05) is 13.8 Å². The van der Waals surface area contributed by atoms with Crippen LogP contribution in [0.4, 0.5) is 5.69 Å². The van der Waals surface area contributed by atoms with Crippen LogP contribution in [-0.2, 0) is 9.53 Å². The molecule has 1 N–H and O–H groups in total. The van der Waals surface area contributed by atoms with Crippen molar-refractivity contribution in [1.82, 2.24) is 4.90 Å². The number of anilines is 1. The highest BCUT2D eigenvalue weighted by molar-refractivity contribution is 5.89. The summed E-state index contributed by atoms with van der Waals surface area (Å²) in [5.74, 6) is -0.312. The number of esters is 1. The van der Waals surface area contributed by atoms with Gasteiger partial charge in [-0.05, 0) is 38.1 Å². The maximum atomic E-state index is 11.8. The highest BCUT2D eigenvalue weighted by Gasteiger charge is 2.09. The van der Waals surface area contributed by atoms with Gasteiger partial charge < -0.3 is 15.0 Å². The summed E-state index contributed by atoms with van der Waals surface area (Å²) in [6.45, 7) is 5.56. The number of likely N-dealkylation sites (N-methyl/N-ethyl adjacent to an activating group) is 1. The van der Waals surface area contributed by atoms with Gasteiger partial charge in [0.25, 0.3) is 0 Å². The molecule has 1 aromatic rings. The number of methoxy groups -OCH3 is 1. The molecule has 0 aliphatic rings. The van der Waals surface area contributed by atoms with Gasteiger partial charge in [0.15, 0.2) is 0 Å². The molecular weight excluding hydrogens is 244 g/mol. The molecule has 0 unspecified atom stereocenters. The maximum absolute atomic E-state index is 11.8. The fraction of sp³-hybridized carbons (Fsp3) is 0.429. The Morgan fingerprint density at radius 3 is 2.21 bits per heavy atom. The lowest BCUT2D eigenvalue weighted by Crippen LogP contribution is -2.35. The third-order valence-electron chi connectivity index (χ3n) is 2.87. The molecule has 0 radical (unpaired) electrons. The van der Waals surface area contributed by atoms with Crippen molar-refractivity contribution in [3.8, 4) is 0 Å². The van der Waals surface area contributed by atoms with E-state index in [0.29, 0.717) is 18.7 Å². The summed E-state index contributed by atoms with van der Waals surface area (Å²) in [5.41, 5.74) is 1.29. The number of nitrogens with zero attached hydrogens (tertiary/aromatic N) is 1. The van der Waals surface area contributed by atoms with E-state index in [9.17, 15) is 9.59 Å². The average molecular weight is 264 g/mol. The molecule has 0 saturated carbocycles. The summed E-state index contributed by atoms with van der Waals surface area (Å²) in [4.78, 5) is 24.8. The summed E-state index contributed by atoms with van der Waals surface area (Å²) in [6.07, 6.45) is 0. The highest BCUT2D eigenvalue weighted by Crippen LogP contribution is 2.10. The molecule has 0 fully saturated rings. The van der Waals surface area contributed by atoms with E-state index in [1.54, 1.807) is 29.2 Å². The number of benzene rings is 1. The van der Waals surface area contributed by atoms with Gasteiger partial charge in [0.2, 0.25) is 5.91 Å². The zero-order chi connectivity index (χ0) is 14.3. The molecule has 0 aromatic heterocycles. The Bertz CT molecular complexity index is 425. The molecule has 1 amide bonds. The summed E-state index contributed by atoms with van der Waals surface area (Å²) in [5, 5.41) is 3.03. The summed E-state index contributed by atoms with van der Waals surface area (Å²) < 4.78 is 4.61. The number of nitrogens with one attached hydrogen (secondary N) is 1. The Hall–Kier alpha value is -2.04. The van der Waals surface area contributed by atoms with Crippen molar-refractivity contribution in [3.63, 3.8) is 0 Å². The van der Waals surface area contributed by atoms with Crippen LogP contribution in [0.5, 0.6) is 0 Å². The predicted octanol–water partition coefficient (Wildman–Crippen LogP) is 1.75. The molecule has 0 spiro atoms. The van der Waals surface area contributed by atoms with E-state index >= 15 is 0 Å². The third-order valence-corrected chi connectivity index (χ3v) is 2.87. The molecule has 1 aromatic carbocycles. The number of carbonyl (C=O) groups excluding carboxylic acids is 2.